The molecular formula is C12H16N4OS3. The Morgan fingerprint density at radius 1 is 1.45 bits per heavy atom. The Bertz CT molecular complexity index is 599. The zero-order valence-electron chi connectivity index (χ0n) is 11.8. The van der Waals surface area contributed by atoms with Gasteiger partial charge in [-0.1, -0.05) is 0 Å². The molecule has 108 valence electrons. The van der Waals surface area contributed by atoms with E-state index in [9.17, 15) is 4.79 Å². The van der Waals surface area contributed by atoms with Gasteiger partial charge in [-0.3, -0.25) is 9.48 Å². The monoisotopic (exact) mass is 328 g/mol. The first-order chi connectivity index (χ1) is 9.58. The summed E-state index contributed by atoms with van der Waals surface area (Å²) in [5.41, 5.74) is 2.78. The molecule has 2 rings (SSSR count). The normalized spacial score (nSPS) is 10.8. The van der Waals surface area contributed by atoms with Gasteiger partial charge in [0.05, 0.1) is 16.0 Å². The third-order valence-electron chi connectivity index (χ3n) is 3.01. The summed E-state index contributed by atoms with van der Waals surface area (Å²) in [5, 5.41) is 7.92. The van der Waals surface area contributed by atoms with Crippen LogP contribution in [0.25, 0.3) is 0 Å². The molecule has 8 heteroatoms. The van der Waals surface area contributed by atoms with E-state index in [0.717, 1.165) is 20.5 Å². The Kier molecular flexibility index (Phi) is 5.11. The number of carbonyl (C=O) groups excluding carboxylic acids is 1. The minimum absolute atomic E-state index is 0.0734. The fraction of sp³-hybridized carbons (Fsp3) is 0.417. The molecule has 5 nitrogen and oxygen atoms in total. The lowest BCUT2D eigenvalue weighted by Crippen LogP contribution is -2.23. The molecule has 0 unspecified atom stereocenters. The Morgan fingerprint density at radius 3 is 2.75 bits per heavy atom. The average molecular weight is 328 g/mol. The quantitative estimate of drug-likeness (QED) is 0.855. The molecule has 1 amide bonds. The van der Waals surface area contributed by atoms with Gasteiger partial charge in [-0.15, -0.1) is 23.5 Å². The minimum atomic E-state index is -0.0734. The molecule has 0 aromatic carbocycles. The van der Waals surface area contributed by atoms with Crippen LogP contribution in [0, 0.1) is 6.92 Å². The molecular weight excluding hydrogens is 312 g/mol. The molecule has 0 spiro atoms. The zero-order valence-corrected chi connectivity index (χ0v) is 14.2. The second-order valence-corrected chi connectivity index (χ2v) is 6.76. The van der Waals surface area contributed by atoms with Crippen LogP contribution < -0.4 is 5.32 Å². The molecule has 0 atom stereocenters. The first-order valence-electron chi connectivity index (χ1n) is 5.91. The Hall–Kier alpha value is -0.990. The predicted molar refractivity (Wildman–Crippen MR) is 84.8 cm³/mol. The summed E-state index contributed by atoms with van der Waals surface area (Å²) < 4.78 is 7.06. The van der Waals surface area contributed by atoms with Gasteiger partial charge in [-0.05, 0) is 31.0 Å². The molecule has 0 aliphatic heterocycles. The van der Waals surface area contributed by atoms with Gasteiger partial charge in [0.1, 0.15) is 5.03 Å². The molecule has 0 saturated heterocycles. The molecule has 0 saturated carbocycles. The van der Waals surface area contributed by atoms with Gasteiger partial charge < -0.3 is 5.32 Å². The first kappa shape index (κ1) is 15.4. The number of aryl methyl sites for hydroxylation is 1. The largest absolute Gasteiger partial charge is 0.348 e. The molecule has 0 aliphatic rings. The summed E-state index contributed by atoms with van der Waals surface area (Å²) in [7, 11) is 1.89. The van der Waals surface area contributed by atoms with Gasteiger partial charge in [0.2, 0.25) is 0 Å². The van der Waals surface area contributed by atoms with E-state index in [1.807, 2.05) is 26.5 Å². The van der Waals surface area contributed by atoms with Crippen LogP contribution in [-0.4, -0.2) is 32.6 Å². The summed E-state index contributed by atoms with van der Waals surface area (Å²) in [6, 6.07) is 0. The highest BCUT2D eigenvalue weighted by Gasteiger charge is 2.20. The van der Waals surface area contributed by atoms with Crippen molar-refractivity contribution < 1.29 is 4.79 Å². The van der Waals surface area contributed by atoms with E-state index in [0.29, 0.717) is 12.1 Å². The number of rotatable bonds is 5. The molecule has 2 aromatic heterocycles. The lowest BCUT2D eigenvalue weighted by Gasteiger charge is -2.06. The standard InChI is InChI=1S/C12H16N4OS3/c1-7-8(6-14-16(7)2)5-13-10(17)9-11(18-3)15-20-12(9)19-4/h6H,5H2,1-4H3,(H,13,17). The minimum Gasteiger partial charge on any atom is -0.348 e. The number of carbonyl (C=O) groups is 1. The van der Waals surface area contributed by atoms with Crippen LogP contribution in [0.4, 0.5) is 0 Å². The highest BCUT2D eigenvalue weighted by molar-refractivity contribution is 8.01. The third-order valence-corrected chi connectivity index (χ3v) is 5.75. The number of amides is 1. The van der Waals surface area contributed by atoms with Crippen LogP contribution in [0.3, 0.4) is 0 Å². The van der Waals surface area contributed by atoms with Crippen LogP contribution in [0.1, 0.15) is 21.6 Å². The first-order valence-corrected chi connectivity index (χ1v) is 9.14. The highest BCUT2D eigenvalue weighted by Crippen LogP contribution is 2.32. The predicted octanol–water partition coefficient (Wildman–Crippen LogP) is 2.56. The average Bonchev–Trinajstić information content (AvgIpc) is 3.01. The van der Waals surface area contributed by atoms with E-state index >= 15 is 0 Å². The fourth-order valence-corrected chi connectivity index (χ4v) is 3.99. The number of hydrogen-bond donors (Lipinski definition) is 1. The van der Waals surface area contributed by atoms with Gasteiger partial charge in [0.25, 0.3) is 5.91 Å². The van der Waals surface area contributed by atoms with Gasteiger partial charge >= 0.3 is 0 Å². The number of hydrogen-bond acceptors (Lipinski definition) is 6. The van der Waals surface area contributed by atoms with E-state index in [-0.39, 0.29) is 5.91 Å². The van der Waals surface area contributed by atoms with E-state index in [4.69, 9.17) is 0 Å². The van der Waals surface area contributed by atoms with E-state index in [2.05, 4.69) is 14.8 Å². The SMILES string of the molecule is CSc1nsc(SC)c1C(=O)NCc1cnn(C)c1C. The van der Waals surface area contributed by atoms with Crippen molar-refractivity contribution in [2.75, 3.05) is 12.5 Å². The fourth-order valence-electron chi connectivity index (χ4n) is 1.71. The Labute approximate surface area is 130 Å². The Morgan fingerprint density at radius 2 is 2.20 bits per heavy atom. The highest BCUT2D eigenvalue weighted by atomic mass is 32.2. The maximum atomic E-state index is 12.4. The van der Waals surface area contributed by atoms with Crippen molar-refractivity contribution >= 4 is 41.0 Å². The molecule has 2 heterocycles. The van der Waals surface area contributed by atoms with Gasteiger partial charge in [0, 0.05) is 24.8 Å². The summed E-state index contributed by atoms with van der Waals surface area (Å²) >= 11 is 4.42. The van der Waals surface area contributed by atoms with Gasteiger partial charge in [-0.25, -0.2) is 0 Å². The second kappa shape index (κ2) is 6.64. The van der Waals surface area contributed by atoms with Crippen molar-refractivity contribution in [3.63, 3.8) is 0 Å². The lowest BCUT2D eigenvalue weighted by atomic mass is 10.2. The second-order valence-electron chi connectivity index (χ2n) is 4.12. The number of aromatic nitrogens is 3. The van der Waals surface area contributed by atoms with Crippen molar-refractivity contribution in [2.45, 2.75) is 22.7 Å². The number of nitrogens with zero attached hydrogens (tertiary/aromatic N) is 3. The van der Waals surface area contributed by atoms with Crippen molar-refractivity contribution in [1.29, 1.82) is 0 Å². The van der Waals surface area contributed by atoms with Gasteiger partial charge in [-0.2, -0.15) is 9.47 Å². The maximum absolute atomic E-state index is 12.4. The summed E-state index contributed by atoms with van der Waals surface area (Å²) in [4.78, 5) is 12.4. The molecule has 0 fully saturated rings. The maximum Gasteiger partial charge on any atom is 0.256 e. The van der Waals surface area contributed by atoms with E-state index < -0.39 is 0 Å². The number of nitrogens with one attached hydrogen (secondary N) is 1. The van der Waals surface area contributed by atoms with Crippen molar-refractivity contribution in [3.8, 4) is 0 Å². The molecule has 0 bridgehead atoms. The smallest absolute Gasteiger partial charge is 0.256 e. The zero-order chi connectivity index (χ0) is 14.7. The molecule has 20 heavy (non-hydrogen) atoms. The van der Waals surface area contributed by atoms with Crippen LogP contribution in [-0.2, 0) is 13.6 Å². The van der Waals surface area contributed by atoms with Crippen LogP contribution >= 0.6 is 35.1 Å². The molecule has 0 radical (unpaired) electrons. The van der Waals surface area contributed by atoms with E-state index in [1.165, 1.54) is 23.3 Å². The topological polar surface area (TPSA) is 59.8 Å². The number of thioether (sulfide) groups is 2. The summed E-state index contributed by atoms with van der Waals surface area (Å²) in [6.45, 7) is 2.47. The summed E-state index contributed by atoms with van der Waals surface area (Å²) in [5.74, 6) is -0.0734. The third kappa shape index (κ3) is 3.02. The van der Waals surface area contributed by atoms with Crippen LogP contribution in [0.15, 0.2) is 15.4 Å². The molecule has 1 N–H and O–H groups in total. The van der Waals surface area contributed by atoms with E-state index in [1.54, 1.807) is 22.6 Å². The molecule has 2 aromatic rings. The lowest BCUT2D eigenvalue weighted by molar-refractivity contribution is 0.0945. The van der Waals surface area contributed by atoms with Crippen LogP contribution in [0.5, 0.6) is 0 Å². The van der Waals surface area contributed by atoms with Crippen molar-refractivity contribution in [3.05, 3.63) is 23.0 Å². The van der Waals surface area contributed by atoms with Gasteiger partial charge in [0.15, 0.2) is 0 Å². The molecule has 0 aliphatic carbocycles. The van der Waals surface area contributed by atoms with Crippen LogP contribution in [0.2, 0.25) is 0 Å². The van der Waals surface area contributed by atoms with Crippen molar-refractivity contribution in [2.24, 2.45) is 7.05 Å². The van der Waals surface area contributed by atoms with Crippen molar-refractivity contribution in [1.82, 2.24) is 19.5 Å². The summed E-state index contributed by atoms with van der Waals surface area (Å²) in [6.07, 6.45) is 5.67. The Balaban J connectivity index is 2.12.